The van der Waals surface area contributed by atoms with E-state index in [0.717, 1.165) is 67.5 Å². The Balaban J connectivity index is 1.13. The summed E-state index contributed by atoms with van der Waals surface area (Å²) >= 11 is 0. The van der Waals surface area contributed by atoms with Crippen LogP contribution in [0.15, 0.2) is 247 Å². The quantitative estimate of drug-likeness (QED) is 0.160. The maximum Gasteiger partial charge on any atom is 0.140 e. The first-order valence-corrected chi connectivity index (χ1v) is 22.0. The van der Waals surface area contributed by atoms with Gasteiger partial charge in [0.1, 0.15) is 11.3 Å². The molecule has 0 amide bonds. The molecule has 1 heterocycles. The molecule has 0 bridgehead atoms. The van der Waals surface area contributed by atoms with E-state index in [0.29, 0.717) is 0 Å². The molecular formula is C61H40N2O. The number of nitrogens with zero attached hydrogens (tertiary/aromatic N) is 2. The van der Waals surface area contributed by atoms with Gasteiger partial charge in [-0.1, -0.05) is 182 Å². The molecule has 1 spiro atoms. The van der Waals surface area contributed by atoms with Crippen LogP contribution >= 0.6 is 0 Å². The maximum absolute atomic E-state index is 7.08. The molecule has 64 heavy (non-hydrogen) atoms. The minimum absolute atomic E-state index is 0.718. The fourth-order valence-corrected chi connectivity index (χ4v) is 10.9. The molecule has 0 saturated carbocycles. The van der Waals surface area contributed by atoms with Gasteiger partial charge in [-0.25, -0.2) is 0 Å². The third kappa shape index (κ3) is 5.22. The van der Waals surface area contributed by atoms with Crippen LogP contribution in [0.3, 0.4) is 0 Å². The number of fused-ring (bicyclic) bond motifs is 13. The Bertz CT molecular complexity index is 3570. The van der Waals surface area contributed by atoms with E-state index in [1.54, 1.807) is 0 Å². The largest absolute Gasteiger partial charge is 0.456 e. The summed E-state index contributed by atoms with van der Waals surface area (Å²) in [6.07, 6.45) is 0. The van der Waals surface area contributed by atoms with Crippen molar-refractivity contribution in [1.29, 1.82) is 0 Å². The molecule has 2 aliphatic carbocycles. The van der Waals surface area contributed by atoms with Gasteiger partial charge in [-0.3, -0.25) is 0 Å². The van der Waals surface area contributed by atoms with Gasteiger partial charge in [-0.15, -0.1) is 0 Å². The SMILES string of the molecule is c1ccc(-c2ccccc2N(c2ccccc2)c2cccc3c2C2(c4ccccc4-c4cc(N(c5ccccc5)c5cccc6ccccc56)ccc42)c2c-3oc3ccccc23)cc1. The Morgan fingerprint density at radius 1 is 0.328 bits per heavy atom. The number of para-hydroxylation sites is 4. The minimum Gasteiger partial charge on any atom is -0.456 e. The fourth-order valence-electron chi connectivity index (χ4n) is 10.9. The summed E-state index contributed by atoms with van der Waals surface area (Å²) in [5.74, 6) is 0.927. The van der Waals surface area contributed by atoms with E-state index in [2.05, 4.69) is 252 Å². The third-order valence-electron chi connectivity index (χ3n) is 13.4. The molecule has 1 unspecified atom stereocenters. The van der Waals surface area contributed by atoms with Crippen LogP contribution in [-0.4, -0.2) is 0 Å². The lowest BCUT2D eigenvalue weighted by molar-refractivity contribution is 0.628. The van der Waals surface area contributed by atoms with Gasteiger partial charge < -0.3 is 14.2 Å². The Hall–Kier alpha value is -8.40. The van der Waals surface area contributed by atoms with E-state index in [4.69, 9.17) is 4.42 Å². The predicted molar refractivity (Wildman–Crippen MR) is 265 cm³/mol. The zero-order valence-electron chi connectivity index (χ0n) is 34.9. The third-order valence-corrected chi connectivity index (χ3v) is 13.4. The number of rotatable bonds is 7. The van der Waals surface area contributed by atoms with Crippen molar-refractivity contribution < 1.29 is 4.42 Å². The van der Waals surface area contributed by atoms with Gasteiger partial charge >= 0.3 is 0 Å². The van der Waals surface area contributed by atoms with Crippen LogP contribution in [0, 0.1) is 0 Å². The van der Waals surface area contributed by atoms with Crippen molar-refractivity contribution in [2.75, 3.05) is 9.80 Å². The molecule has 3 heteroatoms. The fraction of sp³-hybridized carbons (Fsp3) is 0.0164. The van der Waals surface area contributed by atoms with Crippen molar-refractivity contribution in [2.24, 2.45) is 0 Å². The molecule has 0 radical (unpaired) electrons. The lowest BCUT2D eigenvalue weighted by Gasteiger charge is -2.36. The summed E-state index contributed by atoms with van der Waals surface area (Å²) in [7, 11) is 0. The molecule has 3 nitrogen and oxygen atoms in total. The molecular weight excluding hydrogens is 777 g/mol. The lowest BCUT2D eigenvalue weighted by atomic mass is 9.69. The first-order valence-electron chi connectivity index (χ1n) is 22.0. The van der Waals surface area contributed by atoms with E-state index >= 15 is 0 Å². The standard InChI is InChI=1S/C61H40N2O/c1-4-20-41(21-5-1)47-29-13-16-34-55(47)63(44-26-8-3-9-27-44)56-36-19-32-50-58(56)61(59-49-31-14-17-37-57(49)64-60(50)59)52-33-15-12-30-48(52)51-40-45(38-39-53(51)61)62(43-24-6-2-7-25-43)54-35-18-23-42-22-10-11-28-46(42)54/h1-40H. The van der Waals surface area contributed by atoms with Gasteiger partial charge in [0.25, 0.3) is 0 Å². The summed E-state index contributed by atoms with van der Waals surface area (Å²) in [5.41, 5.74) is 17.6. The van der Waals surface area contributed by atoms with Gasteiger partial charge in [0, 0.05) is 50.1 Å². The van der Waals surface area contributed by atoms with Crippen molar-refractivity contribution in [1.82, 2.24) is 0 Å². The minimum atomic E-state index is -0.718. The molecule has 0 N–H and O–H groups in total. The van der Waals surface area contributed by atoms with Crippen molar-refractivity contribution in [3.8, 4) is 33.6 Å². The molecule has 1 aromatic heterocycles. The smallest absolute Gasteiger partial charge is 0.140 e. The highest BCUT2D eigenvalue weighted by molar-refractivity contribution is 6.06. The summed E-state index contributed by atoms with van der Waals surface area (Å²) in [6.45, 7) is 0. The van der Waals surface area contributed by atoms with Gasteiger partial charge in [0.2, 0.25) is 0 Å². The number of hydrogen-bond donors (Lipinski definition) is 0. The topological polar surface area (TPSA) is 19.6 Å². The van der Waals surface area contributed by atoms with Gasteiger partial charge in [0.15, 0.2) is 0 Å². The van der Waals surface area contributed by atoms with E-state index in [1.807, 2.05) is 0 Å². The Morgan fingerprint density at radius 2 is 0.891 bits per heavy atom. The highest BCUT2D eigenvalue weighted by Crippen LogP contribution is 2.67. The van der Waals surface area contributed by atoms with Crippen molar-refractivity contribution in [3.05, 3.63) is 265 Å². The molecule has 1 atom stereocenters. The normalized spacial score (nSPS) is 14.3. The molecule has 0 aliphatic heterocycles. The molecule has 0 saturated heterocycles. The lowest BCUT2D eigenvalue weighted by Crippen LogP contribution is -2.28. The number of anilines is 6. The molecule has 300 valence electrons. The summed E-state index contributed by atoms with van der Waals surface area (Å²) in [6, 6.07) is 88.1. The van der Waals surface area contributed by atoms with Gasteiger partial charge in [-0.05, 0) is 93.9 Å². The zero-order valence-corrected chi connectivity index (χ0v) is 34.9. The highest BCUT2D eigenvalue weighted by Gasteiger charge is 2.56. The second-order valence-corrected chi connectivity index (χ2v) is 16.8. The molecule has 11 aromatic rings. The summed E-state index contributed by atoms with van der Waals surface area (Å²) in [5, 5.41) is 3.54. The van der Waals surface area contributed by atoms with Crippen LogP contribution < -0.4 is 9.80 Å². The van der Waals surface area contributed by atoms with E-state index in [-0.39, 0.29) is 0 Å². The van der Waals surface area contributed by atoms with Crippen LogP contribution in [0.2, 0.25) is 0 Å². The van der Waals surface area contributed by atoms with Crippen LogP contribution in [0.4, 0.5) is 34.1 Å². The number of furan rings is 1. The average Bonchev–Trinajstić information content (AvgIpc) is 3.99. The number of hydrogen-bond acceptors (Lipinski definition) is 3. The van der Waals surface area contributed by atoms with E-state index in [1.165, 1.54) is 44.2 Å². The first kappa shape index (κ1) is 36.3. The molecule has 2 aliphatic rings. The summed E-state index contributed by atoms with van der Waals surface area (Å²) in [4.78, 5) is 4.89. The Labute approximate surface area is 372 Å². The highest BCUT2D eigenvalue weighted by atomic mass is 16.3. The van der Waals surface area contributed by atoms with Crippen LogP contribution in [0.5, 0.6) is 0 Å². The van der Waals surface area contributed by atoms with Gasteiger partial charge in [-0.2, -0.15) is 0 Å². The van der Waals surface area contributed by atoms with Crippen molar-refractivity contribution >= 4 is 55.9 Å². The van der Waals surface area contributed by atoms with Crippen LogP contribution in [-0.2, 0) is 5.41 Å². The first-order chi connectivity index (χ1) is 31.8. The number of benzene rings is 10. The summed E-state index contributed by atoms with van der Waals surface area (Å²) < 4.78 is 7.08. The Morgan fingerprint density at radius 3 is 1.70 bits per heavy atom. The predicted octanol–water partition coefficient (Wildman–Crippen LogP) is 16.5. The average molecular weight is 817 g/mol. The van der Waals surface area contributed by atoms with Gasteiger partial charge in [0.05, 0.1) is 22.5 Å². The molecule has 13 rings (SSSR count). The second-order valence-electron chi connectivity index (χ2n) is 16.8. The monoisotopic (exact) mass is 816 g/mol. The Kier molecular flexibility index (Phi) is 8.13. The van der Waals surface area contributed by atoms with Crippen LogP contribution in [0.1, 0.15) is 22.3 Å². The van der Waals surface area contributed by atoms with E-state index < -0.39 is 5.41 Å². The molecule has 10 aromatic carbocycles. The maximum atomic E-state index is 7.08. The van der Waals surface area contributed by atoms with Crippen molar-refractivity contribution in [2.45, 2.75) is 5.41 Å². The zero-order chi connectivity index (χ0) is 42.2. The second kappa shape index (κ2) is 14.3. The van der Waals surface area contributed by atoms with Crippen LogP contribution in [0.25, 0.3) is 55.3 Å². The molecule has 0 fully saturated rings. The van der Waals surface area contributed by atoms with Crippen molar-refractivity contribution in [3.63, 3.8) is 0 Å². The van der Waals surface area contributed by atoms with E-state index in [9.17, 15) is 0 Å².